The topological polar surface area (TPSA) is 55.8 Å². The van der Waals surface area contributed by atoms with Crippen molar-refractivity contribution in [3.63, 3.8) is 0 Å². The number of hydrogen-bond acceptors (Lipinski definition) is 4. The number of para-hydroxylation sites is 1. The molecule has 5 heteroatoms. The summed E-state index contributed by atoms with van der Waals surface area (Å²) in [5.74, 6) is -0.520. The molecule has 0 atom stereocenters. The Labute approximate surface area is 113 Å². The molecule has 1 aliphatic rings. The van der Waals surface area contributed by atoms with E-state index in [1.165, 1.54) is 6.08 Å². The number of carbonyl (C=O) groups excluding carboxylic acids is 1. The molecule has 0 saturated carbocycles. The van der Waals surface area contributed by atoms with Crippen molar-refractivity contribution in [3.8, 4) is 0 Å². The second kappa shape index (κ2) is 6.36. The van der Waals surface area contributed by atoms with Crippen LogP contribution in [0.1, 0.15) is 5.56 Å². The molecule has 0 bridgehead atoms. The number of nitrogens with one attached hydrogen (secondary N) is 1. The molecule has 1 amide bonds. The van der Waals surface area contributed by atoms with E-state index >= 15 is 0 Å². The van der Waals surface area contributed by atoms with Crippen molar-refractivity contribution in [1.82, 2.24) is 10.4 Å². The van der Waals surface area contributed by atoms with E-state index in [9.17, 15) is 4.79 Å². The number of rotatable bonds is 3. The first-order chi connectivity index (χ1) is 9.20. The SMILES string of the molecule is CN1CCN(c2ccccc2C=CC(=O)NO)CC1. The lowest BCUT2D eigenvalue weighted by molar-refractivity contribution is -0.124. The van der Waals surface area contributed by atoms with Gasteiger partial charge in [-0.3, -0.25) is 10.0 Å². The minimum atomic E-state index is -0.520. The maximum Gasteiger partial charge on any atom is 0.267 e. The predicted octanol–water partition coefficient (Wildman–Crippen LogP) is 0.957. The van der Waals surface area contributed by atoms with Crippen molar-refractivity contribution in [3.05, 3.63) is 35.9 Å². The van der Waals surface area contributed by atoms with E-state index < -0.39 is 5.91 Å². The van der Waals surface area contributed by atoms with Gasteiger partial charge in [0.05, 0.1) is 0 Å². The second-order valence-electron chi connectivity index (χ2n) is 4.66. The van der Waals surface area contributed by atoms with Crippen LogP contribution >= 0.6 is 0 Å². The number of benzene rings is 1. The number of hydrogen-bond donors (Lipinski definition) is 2. The first kappa shape index (κ1) is 13.6. The third kappa shape index (κ3) is 3.56. The average molecular weight is 261 g/mol. The zero-order valence-corrected chi connectivity index (χ0v) is 11.0. The number of amides is 1. The van der Waals surface area contributed by atoms with Gasteiger partial charge in [0.2, 0.25) is 0 Å². The van der Waals surface area contributed by atoms with E-state index in [-0.39, 0.29) is 0 Å². The zero-order valence-electron chi connectivity index (χ0n) is 11.0. The highest BCUT2D eigenvalue weighted by Gasteiger charge is 2.15. The van der Waals surface area contributed by atoms with Gasteiger partial charge in [-0.25, -0.2) is 5.48 Å². The Morgan fingerprint density at radius 2 is 1.95 bits per heavy atom. The Bertz CT molecular complexity index is 466. The minimum absolute atomic E-state index is 0.520. The van der Waals surface area contributed by atoms with Gasteiger partial charge in [-0.1, -0.05) is 18.2 Å². The number of anilines is 1. The number of likely N-dealkylation sites (N-methyl/N-ethyl adjacent to an activating group) is 1. The fourth-order valence-electron chi connectivity index (χ4n) is 2.17. The van der Waals surface area contributed by atoms with Gasteiger partial charge in [0.1, 0.15) is 0 Å². The summed E-state index contributed by atoms with van der Waals surface area (Å²) < 4.78 is 0. The summed E-state index contributed by atoms with van der Waals surface area (Å²) in [5.41, 5.74) is 3.70. The Morgan fingerprint density at radius 3 is 2.63 bits per heavy atom. The first-order valence-corrected chi connectivity index (χ1v) is 6.35. The lowest BCUT2D eigenvalue weighted by Crippen LogP contribution is -2.44. The van der Waals surface area contributed by atoms with Crippen LogP contribution < -0.4 is 10.4 Å². The summed E-state index contributed by atoms with van der Waals surface area (Å²) in [5, 5.41) is 8.49. The van der Waals surface area contributed by atoms with Crippen LogP contribution in [0, 0.1) is 0 Å². The van der Waals surface area contributed by atoms with Crippen molar-refractivity contribution in [2.75, 3.05) is 38.1 Å². The van der Waals surface area contributed by atoms with Crippen LogP contribution in [0.4, 0.5) is 5.69 Å². The molecular weight excluding hydrogens is 242 g/mol. The molecule has 1 heterocycles. The lowest BCUT2D eigenvalue weighted by Gasteiger charge is -2.34. The van der Waals surface area contributed by atoms with Crippen molar-refractivity contribution >= 4 is 17.7 Å². The molecule has 1 aromatic rings. The van der Waals surface area contributed by atoms with Gasteiger partial charge in [0, 0.05) is 37.9 Å². The largest absolute Gasteiger partial charge is 0.368 e. The van der Waals surface area contributed by atoms with Gasteiger partial charge in [0.15, 0.2) is 0 Å². The number of carbonyl (C=O) groups is 1. The third-order valence-electron chi connectivity index (χ3n) is 3.31. The Hall–Kier alpha value is -1.85. The van der Waals surface area contributed by atoms with Gasteiger partial charge in [-0.15, -0.1) is 0 Å². The second-order valence-corrected chi connectivity index (χ2v) is 4.66. The van der Waals surface area contributed by atoms with Gasteiger partial charge in [-0.05, 0) is 24.8 Å². The number of piperazine rings is 1. The van der Waals surface area contributed by atoms with Crippen LogP contribution in [0.5, 0.6) is 0 Å². The monoisotopic (exact) mass is 261 g/mol. The van der Waals surface area contributed by atoms with Crippen LogP contribution in [0.3, 0.4) is 0 Å². The van der Waals surface area contributed by atoms with Crippen LogP contribution in [-0.2, 0) is 4.79 Å². The summed E-state index contributed by atoms with van der Waals surface area (Å²) in [6.45, 7) is 4.03. The van der Waals surface area contributed by atoms with Crippen LogP contribution in [0.2, 0.25) is 0 Å². The Morgan fingerprint density at radius 1 is 1.26 bits per heavy atom. The number of nitrogens with zero attached hydrogens (tertiary/aromatic N) is 2. The van der Waals surface area contributed by atoms with Crippen molar-refractivity contribution in [2.24, 2.45) is 0 Å². The quantitative estimate of drug-likeness (QED) is 0.483. The van der Waals surface area contributed by atoms with E-state index in [1.807, 2.05) is 18.2 Å². The predicted molar refractivity (Wildman–Crippen MR) is 75.1 cm³/mol. The molecule has 1 aromatic carbocycles. The molecular formula is C14H19N3O2. The molecule has 19 heavy (non-hydrogen) atoms. The molecule has 0 radical (unpaired) electrons. The average Bonchev–Trinajstić information content (AvgIpc) is 2.46. The Kier molecular flexibility index (Phi) is 4.54. The van der Waals surface area contributed by atoms with Gasteiger partial charge < -0.3 is 9.80 Å². The van der Waals surface area contributed by atoms with E-state index in [4.69, 9.17) is 5.21 Å². The highest BCUT2D eigenvalue weighted by atomic mass is 16.5. The summed E-state index contributed by atoms with van der Waals surface area (Å²) in [6.07, 6.45) is 3.05. The maximum atomic E-state index is 11.0. The summed E-state index contributed by atoms with van der Waals surface area (Å²) in [6, 6.07) is 7.96. The summed E-state index contributed by atoms with van der Waals surface area (Å²) in [4.78, 5) is 15.7. The normalized spacial score (nSPS) is 16.8. The van der Waals surface area contributed by atoms with Gasteiger partial charge in [0.25, 0.3) is 5.91 Å². The maximum absolute atomic E-state index is 11.0. The molecule has 102 valence electrons. The van der Waals surface area contributed by atoms with Gasteiger partial charge >= 0.3 is 0 Å². The highest BCUT2D eigenvalue weighted by Crippen LogP contribution is 2.22. The van der Waals surface area contributed by atoms with Crippen molar-refractivity contribution < 1.29 is 10.0 Å². The molecule has 5 nitrogen and oxygen atoms in total. The molecule has 0 unspecified atom stereocenters. The molecule has 0 spiro atoms. The highest BCUT2D eigenvalue weighted by molar-refractivity contribution is 5.91. The first-order valence-electron chi connectivity index (χ1n) is 6.35. The lowest BCUT2D eigenvalue weighted by atomic mass is 10.1. The molecule has 1 aliphatic heterocycles. The van der Waals surface area contributed by atoms with Crippen molar-refractivity contribution in [1.29, 1.82) is 0 Å². The van der Waals surface area contributed by atoms with Crippen LogP contribution in [0.25, 0.3) is 6.08 Å². The molecule has 2 N–H and O–H groups in total. The van der Waals surface area contributed by atoms with E-state index in [0.29, 0.717) is 0 Å². The molecule has 2 rings (SSSR count). The van der Waals surface area contributed by atoms with E-state index in [2.05, 4.69) is 22.9 Å². The standard InChI is InChI=1S/C14H19N3O2/c1-16-8-10-17(11-9-16)13-5-3-2-4-12(13)6-7-14(18)15-19/h2-7,19H,8-11H2,1H3,(H,15,18). The smallest absolute Gasteiger partial charge is 0.267 e. The third-order valence-corrected chi connectivity index (χ3v) is 3.31. The van der Waals surface area contributed by atoms with Crippen LogP contribution in [-0.4, -0.2) is 49.2 Å². The van der Waals surface area contributed by atoms with Gasteiger partial charge in [-0.2, -0.15) is 0 Å². The summed E-state index contributed by atoms with van der Waals surface area (Å²) in [7, 11) is 2.12. The van der Waals surface area contributed by atoms with Crippen molar-refractivity contribution in [2.45, 2.75) is 0 Å². The Balaban J connectivity index is 2.16. The molecule has 0 aliphatic carbocycles. The van der Waals surface area contributed by atoms with E-state index in [1.54, 1.807) is 11.6 Å². The molecule has 1 fully saturated rings. The number of hydroxylamine groups is 1. The van der Waals surface area contributed by atoms with E-state index in [0.717, 1.165) is 37.4 Å². The molecule has 0 aromatic heterocycles. The van der Waals surface area contributed by atoms with Crippen LogP contribution in [0.15, 0.2) is 30.3 Å². The molecule has 1 saturated heterocycles. The zero-order chi connectivity index (χ0) is 13.7. The fraction of sp³-hybridized carbons (Fsp3) is 0.357. The fourth-order valence-corrected chi connectivity index (χ4v) is 2.17. The minimum Gasteiger partial charge on any atom is -0.368 e. The summed E-state index contributed by atoms with van der Waals surface area (Å²) >= 11 is 0.